The fourth-order valence-corrected chi connectivity index (χ4v) is 0.850. The summed E-state index contributed by atoms with van der Waals surface area (Å²) in [6, 6.07) is 6.73. The Morgan fingerprint density at radius 2 is 1.91 bits per heavy atom. The van der Waals surface area contributed by atoms with Crippen LogP contribution in [0.3, 0.4) is 0 Å². The van der Waals surface area contributed by atoms with Gasteiger partial charge in [-0.25, -0.2) is 0 Å². The minimum atomic E-state index is -1.48. The molecule has 0 aliphatic heterocycles. The van der Waals surface area contributed by atoms with Gasteiger partial charge in [0.2, 0.25) is 0 Å². The Hall–Kier alpha value is -1.13. The van der Waals surface area contributed by atoms with Gasteiger partial charge >= 0.3 is 7.12 Å². The quantitative estimate of drug-likeness (QED) is 0.447. The normalized spacial score (nSPS) is 9.27. The highest BCUT2D eigenvalue weighted by atomic mass is 16.4. The lowest BCUT2D eigenvalue weighted by Crippen LogP contribution is -2.29. The van der Waals surface area contributed by atoms with E-state index in [-0.39, 0.29) is 0 Å². The minimum Gasteiger partial charge on any atom is -0.423 e. The van der Waals surface area contributed by atoms with Gasteiger partial charge in [-0.1, -0.05) is 18.2 Å². The standard InChI is InChI=1S/C7H8BNO2/c1-9-7-5-3-2-4-6(7)8(10)11/h2-5,10-11H,1H2. The molecule has 1 aromatic carbocycles. The molecule has 0 spiro atoms. The Bertz CT molecular complexity index is 262. The number of benzene rings is 1. The lowest BCUT2D eigenvalue weighted by molar-refractivity contribution is 0.426. The van der Waals surface area contributed by atoms with Gasteiger partial charge in [-0.3, -0.25) is 4.99 Å². The van der Waals surface area contributed by atoms with Crippen molar-refractivity contribution in [2.45, 2.75) is 0 Å². The van der Waals surface area contributed by atoms with Crippen molar-refractivity contribution in [3.8, 4) is 0 Å². The average molecular weight is 149 g/mol. The molecule has 0 amide bonds. The Kier molecular flexibility index (Phi) is 2.41. The molecule has 0 unspecified atom stereocenters. The Labute approximate surface area is 65.2 Å². The number of rotatable bonds is 2. The van der Waals surface area contributed by atoms with E-state index in [9.17, 15) is 0 Å². The van der Waals surface area contributed by atoms with Crippen molar-refractivity contribution in [2.75, 3.05) is 0 Å². The van der Waals surface area contributed by atoms with Crippen molar-refractivity contribution in [1.82, 2.24) is 0 Å². The van der Waals surface area contributed by atoms with Crippen molar-refractivity contribution in [3.05, 3.63) is 24.3 Å². The van der Waals surface area contributed by atoms with E-state index in [0.717, 1.165) is 0 Å². The summed E-state index contributed by atoms with van der Waals surface area (Å²) in [4.78, 5) is 3.62. The second-order valence-corrected chi connectivity index (χ2v) is 2.09. The molecule has 0 aromatic heterocycles. The Balaban J connectivity index is 3.12. The van der Waals surface area contributed by atoms with E-state index in [1.54, 1.807) is 24.3 Å². The molecule has 4 heteroatoms. The average Bonchev–Trinajstić information content (AvgIpc) is 2.04. The number of nitrogens with zero attached hydrogens (tertiary/aromatic N) is 1. The molecular formula is C7H8BNO2. The van der Waals surface area contributed by atoms with E-state index in [0.29, 0.717) is 11.2 Å². The topological polar surface area (TPSA) is 52.8 Å². The molecule has 0 atom stereocenters. The first kappa shape index (κ1) is 7.98. The number of hydrogen-bond donors (Lipinski definition) is 2. The van der Waals surface area contributed by atoms with E-state index >= 15 is 0 Å². The van der Waals surface area contributed by atoms with Crippen molar-refractivity contribution in [3.63, 3.8) is 0 Å². The van der Waals surface area contributed by atoms with Crippen LogP contribution < -0.4 is 5.46 Å². The summed E-state index contributed by atoms with van der Waals surface area (Å²) in [6.45, 7) is 3.30. The first-order chi connectivity index (χ1) is 5.25. The van der Waals surface area contributed by atoms with E-state index in [1.165, 1.54) is 0 Å². The van der Waals surface area contributed by atoms with Crippen LogP contribution in [0.2, 0.25) is 0 Å². The summed E-state index contributed by atoms with van der Waals surface area (Å²) in [5.41, 5.74) is 0.880. The number of para-hydroxylation sites is 1. The summed E-state index contributed by atoms with van der Waals surface area (Å²) in [5.74, 6) is 0. The van der Waals surface area contributed by atoms with Crippen molar-refractivity contribution >= 4 is 25.0 Å². The van der Waals surface area contributed by atoms with E-state index in [4.69, 9.17) is 10.0 Å². The van der Waals surface area contributed by atoms with Gasteiger partial charge in [-0.2, -0.15) is 0 Å². The van der Waals surface area contributed by atoms with Crippen molar-refractivity contribution < 1.29 is 10.0 Å². The third-order valence-electron chi connectivity index (χ3n) is 1.39. The van der Waals surface area contributed by atoms with Crippen LogP contribution in [0.25, 0.3) is 0 Å². The highest BCUT2D eigenvalue weighted by Crippen LogP contribution is 2.05. The second kappa shape index (κ2) is 3.32. The van der Waals surface area contributed by atoms with Crippen LogP contribution in [-0.4, -0.2) is 23.9 Å². The zero-order valence-electron chi connectivity index (χ0n) is 5.94. The SMILES string of the molecule is C=Nc1ccccc1B(O)O. The van der Waals surface area contributed by atoms with Crippen molar-refractivity contribution in [1.29, 1.82) is 0 Å². The van der Waals surface area contributed by atoms with Crippen LogP contribution in [0.1, 0.15) is 0 Å². The minimum absolute atomic E-state index is 0.377. The van der Waals surface area contributed by atoms with Gasteiger partial charge in [0, 0.05) is 5.46 Å². The van der Waals surface area contributed by atoms with Gasteiger partial charge in [0.25, 0.3) is 0 Å². The van der Waals surface area contributed by atoms with Crippen LogP contribution in [0, 0.1) is 0 Å². The Morgan fingerprint density at radius 1 is 1.27 bits per heavy atom. The van der Waals surface area contributed by atoms with Gasteiger partial charge in [0.1, 0.15) is 0 Å². The predicted octanol–water partition coefficient (Wildman–Crippen LogP) is -0.301. The molecule has 1 rings (SSSR count). The maximum atomic E-state index is 8.80. The Morgan fingerprint density at radius 3 is 2.36 bits per heavy atom. The second-order valence-electron chi connectivity index (χ2n) is 2.09. The molecule has 0 heterocycles. The summed E-state index contributed by atoms with van der Waals surface area (Å²) in [6.07, 6.45) is 0. The van der Waals surface area contributed by atoms with Crippen LogP contribution in [0.15, 0.2) is 29.3 Å². The third kappa shape index (κ3) is 1.66. The van der Waals surface area contributed by atoms with E-state index in [2.05, 4.69) is 11.7 Å². The van der Waals surface area contributed by atoms with Gasteiger partial charge in [0.05, 0.1) is 5.69 Å². The molecular weight excluding hydrogens is 141 g/mol. The van der Waals surface area contributed by atoms with Crippen LogP contribution in [-0.2, 0) is 0 Å². The molecule has 0 aliphatic carbocycles. The van der Waals surface area contributed by atoms with Crippen molar-refractivity contribution in [2.24, 2.45) is 4.99 Å². The van der Waals surface area contributed by atoms with Gasteiger partial charge in [0.15, 0.2) is 0 Å². The largest absolute Gasteiger partial charge is 0.490 e. The zero-order valence-corrected chi connectivity index (χ0v) is 5.94. The van der Waals surface area contributed by atoms with Crippen LogP contribution in [0.5, 0.6) is 0 Å². The molecule has 1 aromatic rings. The molecule has 3 nitrogen and oxygen atoms in total. The molecule has 0 aliphatic rings. The monoisotopic (exact) mass is 149 g/mol. The fourth-order valence-electron chi connectivity index (χ4n) is 0.850. The summed E-state index contributed by atoms with van der Waals surface area (Å²) in [5, 5.41) is 17.6. The molecule has 0 bridgehead atoms. The molecule has 11 heavy (non-hydrogen) atoms. The number of aliphatic imine (C=N–C) groups is 1. The van der Waals surface area contributed by atoms with Gasteiger partial charge in [-0.15, -0.1) is 0 Å². The maximum Gasteiger partial charge on any atom is 0.490 e. The lowest BCUT2D eigenvalue weighted by Gasteiger charge is -2.01. The summed E-state index contributed by atoms with van der Waals surface area (Å²) < 4.78 is 0. The first-order valence-electron chi connectivity index (χ1n) is 3.17. The van der Waals surface area contributed by atoms with Gasteiger partial charge in [-0.05, 0) is 12.8 Å². The third-order valence-corrected chi connectivity index (χ3v) is 1.39. The highest BCUT2D eigenvalue weighted by Gasteiger charge is 2.13. The number of hydrogen-bond acceptors (Lipinski definition) is 3. The fraction of sp³-hybridized carbons (Fsp3) is 0. The highest BCUT2D eigenvalue weighted by molar-refractivity contribution is 6.60. The smallest absolute Gasteiger partial charge is 0.423 e. The van der Waals surface area contributed by atoms with Crippen LogP contribution >= 0.6 is 0 Å². The molecule has 2 N–H and O–H groups in total. The molecule has 56 valence electrons. The van der Waals surface area contributed by atoms with Gasteiger partial charge < -0.3 is 10.0 Å². The maximum absolute atomic E-state index is 8.80. The summed E-state index contributed by atoms with van der Waals surface area (Å²) in [7, 11) is -1.48. The summed E-state index contributed by atoms with van der Waals surface area (Å²) >= 11 is 0. The molecule has 0 fully saturated rings. The molecule has 0 saturated heterocycles. The zero-order chi connectivity index (χ0) is 8.27. The van der Waals surface area contributed by atoms with Crippen LogP contribution in [0.4, 0.5) is 5.69 Å². The van der Waals surface area contributed by atoms with E-state index in [1.807, 2.05) is 0 Å². The first-order valence-corrected chi connectivity index (χ1v) is 3.17. The molecule has 0 saturated carbocycles. The lowest BCUT2D eigenvalue weighted by atomic mass is 9.79. The predicted molar refractivity (Wildman–Crippen MR) is 45.5 cm³/mol. The molecule has 0 radical (unpaired) electrons. The van der Waals surface area contributed by atoms with E-state index < -0.39 is 7.12 Å².